The van der Waals surface area contributed by atoms with Gasteiger partial charge in [-0.05, 0) is 50.1 Å². The Kier molecular flexibility index (Phi) is 5.76. The second-order valence-corrected chi connectivity index (χ2v) is 5.20. The van der Waals surface area contributed by atoms with Crippen LogP contribution in [-0.2, 0) is 0 Å². The molecule has 0 saturated heterocycles. The predicted molar refractivity (Wildman–Crippen MR) is 86.8 cm³/mol. The molecule has 0 aliphatic heterocycles. The van der Waals surface area contributed by atoms with E-state index < -0.39 is 0 Å². The van der Waals surface area contributed by atoms with E-state index in [1.165, 1.54) is 0 Å². The van der Waals surface area contributed by atoms with Gasteiger partial charge in [0, 0.05) is 6.04 Å². The summed E-state index contributed by atoms with van der Waals surface area (Å²) in [7, 11) is 0. The van der Waals surface area contributed by atoms with E-state index in [1.807, 2.05) is 43.3 Å². The van der Waals surface area contributed by atoms with Gasteiger partial charge in [-0.1, -0.05) is 32.0 Å². The lowest BCUT2D eigenvalue weighted by molar-refractivity contribution is 0.471. The smallest absolute Gasteiger partial charge is 0.145 e. The number of nitrogens with one attached hydrogen (secondary N) is 1. The van der Waals surface area contributed by atoms with E-state index in [9.17, 15) is 0 Å². The first-order valence-corrected chi connectivity index (χ1v) is 7.67. The van der Waals surface area contributed by atoms with Crippen LogP contribution in [0.15, 0.2) is 42.6 Å². The van der Waals surface area contributed by atoms with E-state index >= 15 is 0 Å². The number of hydrogen-bond donors (Lipinski definition) is 1. The molecular weight excluding hydrogens is 260 g/mol. The highest BCUT2D eigenvalue weighted by molar-refractivity contribution is 5.36. The maximum atomic E-state index is 5.88. The molecule has 2 rings (SSSR count). The van der Waals surface area contributed by atoms with Crippen molar-refractivity contribution in [2.75, 3.05) is 6.54 Å². The van der Waals surface area contributed by atoms with Crippen molar-refractivity contribution in [2.45, 2.75) is 39.7 Å². The third-order valence-electron chi connectivity index (χ3n) is 3.49. The van der Waals surface area contributed by atoms with Crippen molar-refractivity contribution in [3.8, 4) is 11.5 Å². The van der Waals surface area contributed by atoms with Crippen LogP contribution in [0.25, 0.3) is 0 Å². The summed E-state index contributed by atoms with van der Waals surface area (Å²) in [5, 5.41) is 3.51. The third kappa shape index (κ3) is 4.30. The van der Waals surface area contributed by atoms with Crippen LogP contribution in [0.1, 0.15) is 44.0 Å². The summed E-state index contributed by atoms with van der Waals surface area (Å²) in [6.45, 7) is 7.40. The SMILES string of the molecule is CCCNC(CC)c1ccc(Oc2ccccc2C)cn1. The van der Waals surface area contributed by atoms with Crippen LogP contribution in [0.3, 0.4) is 0 Å². The van der Waals surface area contributed by atoms with Crippen molar-refractivity contribution in [2.24, 2.45) is 0 Å². The molecule has 112 valence electrons. The Labute approximate surface area is 127 Å². The van der Waals surface area contributed by atoms with Gasteiger partial charge >= 0.3 is 0 Å². The summed E-state index contributed by atoms with van der Waals surface area (Å²) in [4.78, 5) is 4.54. The van der Waals surface area contributed by atoms with Gasteiger partial charge in [-0.3, -0.25) is 4.98 Å². The van der Waals surface area contributed by atoms with E-state index in [0.29, 0.717) is 6.04 Å². The summed E-state index contributed by atoms with van der Waals surface area (Å²) in [5.74, 6) is 1.65. The van der Waals surface area contributed by atoms with Crippen molar-refractivity contribution in [1.82, 2.24) is 10.3 Å². The third-order valence-corrected chi connectivity index (χ3v) is 3.49. The topological polar surface area (TPSA) is 34.1 Å². The Morgan fingerprint density at radius 3 is 2.57 bits per heavy atom. The number of ether oxygens (including phenoxy) is 1. The molecule has 0 saturated carbocycles. The van der Waals surface area contributed by atoms with Crippen molar-refractivity contribution in [1.29, 1.82) is 0 Å². The Morgan fingerprint density at radius 2 is 1.95 bits per heavy atom. The van der Waals surface area contributed by atoms with Crippen molar-refractivity contribution >= 4 is 0 Å². The quantitative estimate of drug-likeness (QED) is 0.804. The van der Waals surface area contributed by atoms with Crippen molar-refractivity contribution in [3.63, 3.8) is 0 Å². The van der Waals surface area contributed by atoms with Crippen LogP contribution in [0.5, 0.6) is 11.5 Å². The Bertz CT molecular complexity index is 551. The van der Waals surface area contributed by atoms with Gasteiger partial charge in [0.1, 0.15) is 11.5 Å². The fourth-order valence-electron chi connectivity index (χ4n) is 2.23. The molecule has 3 nitrogen and oxygen atoms in total. The maximum Gasteiger partial charge on any atom is 0.145 e. The van der Waals surface area contributed by atoms with Crippen LogP contribution < -0.4 is 10.1 Å². The van der Waals surface area contributed by atoms with E-state index in [4.69, 9.17) is 4.74 Å². The average Bonchev–Trinajstić information content (AvgIpc) is 2.52. The second kappa shape index (κ2) is 7.79. The first kappa shape index (κ1) is 15.5. The molecule has 1 aromatic carbocycles. The maximum absolute atomic E-state index is 5.88. The van der Waals surface area contributed by atoms with Gasteiger partial charge in [0.25, 0.3) is 0 Å². The van der Waals surface area contributed by atoms with Crippen LogP contribution in [-0.4, -0.2) is 11.5 Å². The molecule has 1 atom stereocenters. The molecule has 0 aliphatic carbocycles. The molecule has 1 heterocycles. The fourth-order valence-corrected chi connectivity index (χ4v) is 2.23. The van der Waals surface area contributed by atoms with E-state index in [0.717, 1.165) is 42.1 Å². The minimum atomic E-state index is 0.317. The lowest BCUT2D eigenvalue weighted by Gasteiger charge is -2.16. The number of para-hydroxylation sites is 1. The molecule has 3 heteroatoms. The standard InChI is InChI=1S/C18H24N2O/c1-4-12-19-16(5-2)17-11-10-15(13-20-17)21-18-9-7-6-8-14(18)3/h6-11,13,16,19H,4-5,12H2,1-3H3. The molecular formula is C18H24N2O. The largest absolute Gasteiger partial charge is 0.455 e. The van der Waals surface area contributed by atoms with Crippen molar-refractivity contribution < 1.29 is 4.74 Å². The van der Waals surface area contributed by atoms with Gasteiger partial charge in [-0.2, -0.15) is 0 Å². The monoisotopic (exact) mass is 284 g/mol. The highest BCUT2D eigenvalue weighted by atomic mass is 16.5. The van der Waals surface area contributed by atoms with Crippen molar-refractivity contribution in [3.05, 3.63) is 53.9 Å². The lowest BCUT2D eigenvalue weighted by Crippen LogP contribution is -2.22. The van der Waals surface area contributed by atoms with Gasteiger partial charge in [-0.15, -0.1) is 0 Å². The van der Waals surface area contributed by atoms with E-state index in [2.05, 4.69) is 24.1 Å². The number of aromatic nitrogens is 1. The molecule has 0 fully saturated rings. The zero-order valence-corrected chi connectivity index (χ0v) is 13.1. The molecule has 1 unspecified atom stereocenters. The van der Waals surface area contributed by atoms with E-state index in [1.54, 1.807) is 6.20 Å². The molecule has 0 spiro atoms. The highest BCUT2D eigenvalue weighted by Gasteiger charge is 2.10. The molecule has 0 aliphatic rings. The van der Waals surface area contributed by atoms with Crippen LogP contribution in [0.2, 0.25) is 0 Å². The minimum absolute atomic E-state index is 0.317. The van der Waals surface area contributed by atoms with Gasteiger partial charge in [0.15, 0.2) is 0 Å². The zero-order chi connectivity index (χ0) is 15.1. The number of hydrogen-bond acceptors (Lipinski definition) is 3. The number of nitrogens with zero attached hydrogens (tertiary/aromatic N) is 1. The normalized spacial score (nSPS) is 12.1. The first-order valence-electron chi connectivity index (χ1n) is 7.67. The first-order chi connectivity index (χ1) is 10.2. The van der Waals surface area contributed by atoms with Crippen LogP contribution in [0.4, 0.5) is 0 Å². The summed E-state index contributed by atoms with van der Waals surface area (Å²) in [6.07, 6.45) is 3.97. The Morgan fingerprint density at radius 1 is 1.14 bits per heavy atom. The van der Waals surface area contributed by atoms with Gasteiger partial charge in [0.2, 0.25) is 0 Å². The average molecular weight is 284 g/mol. The summed E-state index contributed by atoms with van der Waals surface area (Å²) >= 11 is 0. The van der Waals surface area contributed by atoms with Crippen LogP contribution in [0, 0.1) is 6.92 Å². The fraction of sp³-hybridized carbons (Fsp3) is 0.389. The number of pyridine rings is 1. The number of rotatable bonds is 7. The predicted octanol–water partition coefficient (Wildman–Crippen LogP) is 4.63. The zero-order valence-electron chi connectivity index (χ0n) is 13.1. The van der Waals surface area contributed by atoms with Gasteiger partial charge < -0.3 is 10.1 Å². The number of aryl methyl sites for hydroxylation is 1. The lowest BCUT2D eigenvalue weighted by atomic mass is 10.1. The summed E-state index contributed by atoms with van der Waals surface area (Å²) < 4.78 is 5.88. The van der Waals surface area contributed by atoms with Crippen LogP contribution >= 0.6 is 0 Å². The molecule has 0 amide bonds. The Balaban J connectivity index is 2.06. The van der Waals surface area contributed by atoms with Gasteiger partial charge in [-0.25, -0.2) is 0 Å². The Hall–Kier alpha value is -1.87. The molecule has 0 radical (unpaired) electrons. The molecule has 2 aromatic rings. The molecule has 1 N–H and O–H groups in total. The minimum Gasteiger partial charge on any atom is -0.455 e. The number of benzene rings is 1. The van der Waals surface area contributed by atoms with E-state index in [-0.39, 0.29) is 0 Å². The summed E-state index contributed by atoms with van der Waals surface area (Å²) in [5.41, 5.74) is 2.20. The molecule has 1 aromatic heterocycles. The summed E-state index contributed by atoms with van der Waals surface area (Å²) in [6, 6.07) is 12.4. The second-order valence-electron chi connectivity index (χ2n) is 5.20. The van der Waals surface area contributed by atoms with Gasteiger partial charge in [0.05, 0.1) is 11.9 Å². The molecule has 0 bridgehead atoms. The highest BCUT2D eigenvalue weighted by Crippen LogP contribution is 2.25. The molecule has 21 heavy (non-hydrogen) atoms.